The van der Waals surface area contributed by atoms with Crippen LogP contribution < -0.4 is 0 Å². The number of hydrogen-bond donors (Lipinski definition) is 1. The molecule has 0 spiro atoms. The highest BCUT2D eigenvalue weighted by molar-refractivity contribution is 6.04. The first-order chi connectivity index (χ1) is 10.0. The first kappa shape index (κ1) is 14.0. The van der Waals surface area contributed by atoms with Crippen LogP contribution in [0.4, 0.5) is 4.39 Å². The van der Waals surface area contributed by atoms with Crippen LogP contribution in [0.15, 0.2) is 24.3 Å². The highest BCUT2D eigenvalue weighted by atomic mass is 19.1. The summed E-state index contributed by atoms with van der Waals surface area (Å²) in [6, 6.07) is 6.41. The third-order valence-corrected chi connectivity index (χ3v) is 4.58. The first-order valence-corrected chi connectivity index (χ1v) is 7.28. The van der Waals surface area contributed by atoms with Crippen molar-refractivity contribution in [2.45, 2.75) is 25.7 Å². The lowest BCUT2D eigenvalue weighted by molar-refractivity contribution is -0.153. The number of benzene rings is 1. The van der Waals surface area contributed by atoms with Gasteiger partial charge in [-0.1, -0.05) is 12.1 Å². The molecule has 1 N–H and O–H groups in total. The summed E-state index contributed by atoms with van der Waals surface area (Å²) in [5.41, 5.74) is -0.0832. The smallest absolute Gasteiger partial charge is 0.319 e. The summed E-state index contributed by atoms with van der Waals surface area (Å²) in [7, 11) is 0. The Morgan fingerprint density at radius 1 is 1.29 bits per heavy atom. The van der Waals surface area contributed by atoms with Crippen LogP contribution in [0.1, 0.15) is 24.8 Å². The Morgan fingerprint density at radius 3 is 2.52 bits per heavy atom. The molecular weight excluding hydrogens is 273 g/mol. The molecule has 0 radical (unpaired) electrons. The van der Waals surface area contributed by atoms with Crippen molar-refractivity contribution in [3.63, 3.8) is 0 Å². The van der Waals surface area contributed by atoms with Crippen molar-refractivity contribution in [3.8, 4) is 0 Å². The van der Waals surface area contributed by atoms with E-state index < -0.39 is 11.4 Å². The fourth-order valence-electron chi connectivity index (χ4n) is 3.08. The summed E-state index contributed by atoms with van der Waals surface area (Å²) < 4.78 is 12.9. The zero-order valence-electron chi connectivity index (χ0n) is 11.7. The molecule has 1 saturated carbocycles. The van der Waals surface area contributed by atoms with Crippen LogP contribution in [-0.2, 0) is 16.0 Å². The molecule has 1 amide bonds. The van der Waals surface area contributed by atoms with E-state index in [1.54, 1.807) is 17.0 Å². The summed E-state index contributed by atoms with van der Waals surface area (Å²) >= 11 is 0. The van der Waals surface area contributed by atoms with Gasteiger partial charge in [-0.3, -0.25) is 9.59 Å². The van der Waals surface area contributed by atoms with Crippen LogP contribution in [0.25, 0.3) is 0 Å². The van der Waals surface area contributed by atoms with E-state index in [2.05, 4.69) is 0 Å². The van der Waals surface area contributed by atoms with Crippen LogP contribution in [0, 0.1) is 17.2 Å². The van der Waals surface area contributed by atoms with E-state index in [1.807, 2.05) is 0 Å². The number of amides is 1. The fourth-order valence-corrected chi connectivity index (χ4v) is 3.08. The van der Waals surface area contributed by atoms with E-state index in [0.717, 1.165) is 18.4 Å². The van der Waals surface area contributed by atoms with Gasteiger partial charge in [-0.15, -0.1) is 0 Å². The maximum absolute atomic E-state index is 12.9. The van der Waals surface area contributed by atoms with Crippen LogP contribution in [0.5, 0.6) is 0 Å². The van der Waals surface area contributed by atoms with Gasteiger partial charge in [-0.05, 0) is 49.3 Å². The molecule has 112 valence electrons. The maximum atomic E-state index is 12.9. The first-order valence-electron chi connectivity index (χ1n) is 7.28. The lowest BCUT2D eigenvalue weighted by Gasteiger charge is -2.20. The standard InChI is InChI=1S/C16H18FNO3/c17-13-3-1-11(2-4-13)9-12-5-8-18(10-12)14(19)16(6-7-16)15(20)21/h1-4,12H,5-10H2,(H,20,21). The third-order valence-electron chi connectivity index (χ3n) is 4.58. The molecule has 1 heterocycles. The highest BCUT2D eigenvalue weighted by Gasteiger charge is 2.59. The number of carbonyl (C=O) groups is 2. The molecule has 1 aromatic rings. The highest BCUT2D eigenvalue weighted by Crippen LogP contribution is 2.48. The molecule has 1 aliphatic heterocycles. The van der Waals surface area contributed by atoms with E-state index in [0.29, 0.717) is 31.8 Å². The molecule has 1 saturated heterocycles. The molecule has 4 nitrogen and oxygen atoms in total. The van der Waals surface area contributed by atoms with Crippen LogP contribution in [0.3, 0.4) is 0 Å². The fraction of sp³-hybridized carbons (Fsp3) is 0.500. The Kier molecular flexibility index (Phi) is 3.43. The molecule has 1 aliphatic carbocycles. The Morgan fingerprint density at radius 2 is 1.95 bits per heavy atom. The lowest BCUT2D eigenvalue weighted by Crippen LogP contribution is -2.39. The molecule has 21 heavy (non-hydrogen) atoms. The van der Waals surface area contributed by atoms with Gasteiger partial charge >= 0.3 is 5.97 Å². The number of halogens is 1. The molecule has 5 heteroatoms. The van der Waals surface area contributed by atoms with Crippen molar-refractivity contribution >= 4 is 11.9 Å². The number of rotatable bonds is 4. The molecule has 2 fully saturated rings. The second kappa shape index (κ2) is 5.13. The quantitative estimate of drug-likeness (QED) is 0.864. The summed E-state index contributed by atoms with van der Waals surface area (Å²) in [6.07, 6.45) is 2.59. The predicted molar refractivity (Wildman–Crippen MR) is 74.1 cm³/mol. The summed E-state index contributed by atoms with van der Waals surface area (Å²) in [5, 5.41) is 9.18. The SMILES string of the molecule is O=C(O)C1(C(=O)N2CCC(Cc3ccc(F)cc3)C2)CC1. The van der Waals surface area contributed by atoms with Crippen molar-refractivity contribution in [1.82, 2.24) is 4.90 Å². The van der Waals surface area contributed by atoms with E-state index in [1.165, 1.54) is 12.1 Å². The molecule has 3 rings (SSSR count). The Bertz CT molecular complexity index is 565. The average molecular weight is 291 g/mol. The van der Waals surface area contributed by atoms with Crippen LogP contribution in [-0.4, -0.2) is 35.0 Å². The molecule has 1 unspecified atom stereocenters. The van der Waals surface area contributed by atoms with Gasteiger partial charge in [0.15, 0.2) is 0 Å². The van der Waals surface area contributed by atoms with E-state index >= 15 is 0 Å². The number of carboxylic acids is 1. The Labute approximate surface area is 122 Å². The molecule has 1 aromatic carbocycles. The average Bonchev–Trinajstić information content (AvgIpc) is 3.15. The van der Waals surface area contributed by atoms with Gasteiger partial charge in [0, 0.05) is 13.1 Å². The van der Waals surface area contributed by atoms with Crippen molar-refractivity contribution in [2.75, 3.05) is 13.1 Å². The number of hydrogen-bond acceptors (Lipinski definition) is 2. The van der Waals surface area contributed by atoms with Crippen LogP contribution >= 0.6 is 0 Å². The van der Waals surface area contributed by atoms with E-state index in [4.69, 9.17) is 0 Å². The number of carboxylic acid groups (broad SMARTS) is 1. The van der Waals surface area contributed by atoms with Gasteiger partial charge in [0.1, 0.15) is 11.2 Å². The minimum atomic E-state index is -1.13. The second-order valence-corrected chi connectivity index (χ2v) is 6.12. The van der Waals surface area contributed by atoms with E-state index in [9.17, 15) is 19.1 Å². The lowest BCUT2D eigenvalue weighted by atomic mass is 9.98. The largest absolute Gasteiger partial charge is 0.480 e. The topological polar surface area (TPSA) is 57.6 Å². The van der Waals surface area contributed by atoms with Gasteiger partial charge in [-0.2, -0.15) is 0 Å². The summed E-state index contributed by atoms with van der Waals surface area (Å²) in [4.78, 5) is 25.2. The second-order valence-electron chi connectivity index (χ2n) is 6.12. The number of carbonyl (C=O) groups excluding carboxylic acids is 1. The van der Waals surface area contributed by atoms with Crippen molar-refractivity contribution < 1.29 is 19.1 Å². The molecule has 0 bridgehead atoms. The monoisotopic (exact) mass is 291 g/mol. The molecular formula is C16H18FNO3. The predicted octanol–water partition coefficient (Wildman–Crippen LogP) is 2.08. The van der Waals surface area contributed by atoms with Crippen molar-refractivity contribution in [1.29, 1.82) is 0 Å². The Hall–Kier alpha value is -1.91. The third kappa shape index (κ3) is 2.64. The number of likely N-dealkylation sites (tertiary alicyclic amines) is 1. The zero-order valence-corrected chi connectivity index (χ0v) is 11.7. The summed E-state index contributed by atoms with van der Waals surface area (Å²) in [5.74, 6) is -1.14. The number of aliphatic carboxylic acids is 1. The number of nitrogens with zero attached hydrogens (tertiary/aromatic N) is 1. The molecule has 1 atom stereocenters. The van der Waals surface area contributed by atoms with Gasteiger partial charge < -0.3 is 10.0 Å². The minimum absolute atomic E-state index is 0.225. The van der Waals surface area contributed by atoms with E-state index in [-0.39, 0.29) is 11.7 Å². The molecule has 2 aliphatic rings. The van der Waals surface area contributed by atoms with Crippen molar-refractivity contribution in [3.05, 3.63) is 35.6 Å². The Balaban J connectivity index is 1.59. The van der Waals surface area contributed by atoms with Gasteiger partial charge in [0.25, 0.3) is 0 Å². The van der Waals surface area contributed by atoms with Gasteiger partial charge in [-0.25, -0.2) is 4.39 Å². The minimum Gasteiger partial charge on any atom is -0.480 e. The van der Waals surface area contributed by atoms with Gasteiger partial charge in [0.2, 0.25) is 5.91 Å². The maximum Gasteiger partial charge on any atom is 0.319 e. The zero-order chi connectivity index (χ0) is 15.0. The van der Waals surface area contributed by atoms with Crippen molar-refractivity contribution in [2.24, 2.45) is 11.3 Å². The molecule has 0 aromatic heterocycles. The van der Waals surface area contributed by atoms with Crippen LogP contribution in [0.2, 0.25) is 0 Å². The summed E-state index contributed by atoms with van der Waals surface area (Å²) in [6.45, 7) is 1.23. The normalized spacial score (nSPS) is 23.1. The van der Waals surface area contributed by atoms with Gasteiger partial charge in [0.05, 0.1) is 0 Å².